The number of fused-ring (bicyclic) bond motifs is 1. The van der Waals surface area contributed by atoms with Gasteiger partial charge in [0.25, 0.3) is 5.56 Å². The van der Waals surface area contributed by atoms with Gasteiger partial charge in [-0.2, -0.15) is 0 Å². The third-order valence-electron chi connectivity index (χ3n) is 2.99. The number of nitrogens with one attached hydrogen (secondary N) is 2. The maximum atomic E-state index is 11.7. The van der Waals surface area contributed by atoms with Gasteiger partial charge >= 0.3 is 0 Å². The fourth-order valence-electron chi connectivity index (χ4n) is 2.35. The molecule has 1 aliphatic heterocycles. The zero-order chi connectivity index (χ0) is 12.6. The molecule has 2 heterocycles. The molecule has 0 aliphatic carbocycles. The van der Waals surface area contributed by atoms with Crippen molar-refractivity contribution in [2.45, 2.75) is 46.2 Å². The Morgan fingerprint density at radius 3 is 2.82 bits per heavy atom. The van der Waals surface area contributed by atoms with Crippen LogP contribution < -0.4 is 16.6 Å². The molecule has 1 aromatic rings. The van der Waals surface area contributed by atoms with Gasteiger partial charge in [0.15, 0.2) is 0 Å². The summed E-state index contributed by atoms with van der Waals surface area (Å²) in [6.07, 6.45) is 1.83. The molecule has 0 radical (unpaired) electrons. The zero-order valence-corrected chi connectivity index (χ0v) is 10.6. The van der Waals surface area contributed by atoms with Gasteiger partial charge in [0.2, 0.25) is 5.95 Å². The van der Waals surface area contributed by atoms with E-state index >= 15 is 0 Å². The SMILES string of the molecule is CC(C)(C)CC1Cc2nc(N)[nH]c(=O)c2CN1. The lowest BCUT2D eigenvalue weighted by molar-refractivity contribution is 0.295. The average Bonchev–Trinajstić information content (AvgIpc) is 2.13. The third-order valence-corrected chi connectivity index (χ3v) is 2.99. The number of rotatable bonds is 1. The summed E-state index contributed by atoms with van der Waals surface area (Å²) in [5.74, 6) is 0.213. The van der Waals surface area contributed by atoms with Gasteiger partial charge in [-0.1, -0.05) is 20.8 Å². The Labute approximate surface area is 101 Å². The Bertz CT molecular complexity index is 472. The van der Waals surface area contributed by atoms with E-state index in [0.717, 1.165) is 24.1 Å². The molecule has 2 rings (SSSR count). The van der Waals surface area contributed by atoms with E-state index < -0.39 is 0 Å². The number of nitrogens with two attached hydrogens (primary N) is 1. The molecule has 17 heavy (non-hydrogen) atoms. The maximum absolute atomic E-state index is 11.7. The number of anilines is 1. The van der Waals surface area contributed by atoms with E-state index in [0.29, 0.717) is 12.6 Å². The number of H-pyrrole nitrogens is 1. The predicted octanol–water partition coefficient (Wildman–Crippen LogP) is 0.803. The molecule has 94 valence electrons. The highest BCUT2D eigenvalue weighted by Gasteiger charge is 2.25. The van der Waals surface area contributed by atoms with Crippen molar-refractivity contribution >= 4 is 5.95 Å². The molecule has 1 atom stereocenters. The first-order chi connectivity index (χ1) is 7.85. The summed E-state index contributed by atoms with van der Waals surface area (Å²) in [5.41, 5.74) is 7.29. The Hall–Kier alpha value is -1.36. The monoisotopic (exact) mass is 236 g/mol. The third kappa shape index (κ3) is 2.85. The first kappa shape index (κ1) is 12.1. The van der Waals surface area contributed by atoms with Crippen LogP contribution in [0.15, 0.2) is 4.79 Å². The summed E-state index contributed by atoms with van der Waals surface area (Å²) in [4.78, 5) is 18.4. The van der Waals surface area contributed by atoms with E-state index in [-0.39, 0.29) is 16.9 Å². The lowest BCUT2D eigenvalue weighted by atomic mass is 9.85. The molecule has 1 unspecified atom stereocenters. The number of aromatic nitrogens is 2. The van der Waals surface area contributed by atoms with Crippen molar-refractivity contribution in [1.82, 2.24) is 15.3 Å². The lowest BCUT2D eigenvalue weighted by Gasteiger charge is -2.30. The highest BCUT2D eigenvalue weighted by Crippen LogP contribution is 2.24. The van der Waals surface area contributed by atoms with E-state index in [1.807, 2.05) is 0 Å². The molecule has 0 aromatic carbocycles. The highest BCUT2D eigenvalue weighted by atomic mass is 16.1. The minimum Gasteiger partial charge on any atom is -0.369 e. The van der Waals surface area contributed by atoms with Crippen LogP contribution in [0.4, 0.5) is 5.95 Å². The molecular weight excluding hydrogens is 216 g/mol. The Morgan fingerprint density at radius 1 is 1.47 bits per heavy atom. The van der Waals surface area contributed by atoms with Gasteiger partial charge in [0, 0.05) is 19.0 Å². The smallest absolute Gasteiger partial charge is 0.257 e. The molecule has 0 saturated heterocycles. The van der Waals surface area contributed by atoms with Crippen LogP contribution in [0.5, 0.6) is 0 Å². The lowest BCUT2D eigenvalue weighted by Crippen LogP contribution is -2.41. The Morgan fingerprint density at radius 2 is 2.18 bits per heavy atom. The summed E-state index contributed by atoms with van der Waals surface area (Å²) in [7, 11) is 0. The topological polar surface area (TPSA) is 83.8 Å². The summed E-state index contributed by atoms with van der Waals surface area (Å²) in [6, 6.07) is 0.371. The van der Waals surface area contributed by atoms with Crippen molar-refractivity contribution in [2.75, 3.05) is 5.73 Å². The molecule has 0 bridgehead atoms. The molecule has 1 aromatic heterocycles. The number of hydrogen-bond acceptors (Lipinski definition) is 4. The fraction of sp³-hybridized carbons (Fsp3) is 0.667. The zero-order valence-electron chi connectivity index (χ0n) is 10.6. The number of aromatic amines is 1. The minimum atomic E-state index is -0.116. The van der Waals surface area contributed by atoms with Crippen LogP contribution >= 0.6 is 0 Å². The Kier molecular flexibility index (Phi) is 2.95. The molecule has 0 amide bonds. The summed E-state index contributed by atoms with van der Waals surface area (Å²) in [6.45, 7) is 7.22. The van der Waals surface area contributed by atoms with Crippen LogP contribution in [-0.2, 0) is 13.0 Å². The van der Waals surface area contributed by atoms with Gasteiger partial charge in [-0.3, -0.25) is 9.78 Å². The normalized spacial score (nSPS) is 20.1. The van der Waals surface area contributed by atoms with Gasteiger partial charge in [-0.15, -0.1) is 0 Å². The van der Waals surface area contributed by atoms with Crippen molar-refractivity contribution < 1.29 is 0 Å². The van der Waals surface area contributed by atoms with Crippen molar-refractivity contribution in [3.8, 4) is 0 Å². The second-order valence-electron chi connectivity index (χ2n) is 5.92. The van der Waals surface area contributed by atoms with Crippen LogP contribution in [0.1, 0.15) is 38.4 Å². The molecular formula is C12H20N4O. The highest BCUT2D eigenvalue weighted by molar-refractivity contribution is 5.27. The van der Waals surface area contributed by atoms with E-state index in [2.05, 4.69) is 36.1 Å². The van der Waals surface area contributed by atoms with Crippen LogP contribution in [-0.4, -0.2) is 16.0 Å². The van der Waals surface area contributed by atoms with Crippen LogP contribution in [0.3, 0.4) is 0 Å². The second-order valence-corrected chi connectivity index (χ2v) is 5.92. The molecule has 0 fully saturated rings. The minimum absolute atomic E-state index is 0.116. The van der Waals surface area contributed by atoms with Crippen molar-refractivity contribution in [3.05, 3.63) is 21.6 Å². The fourth-order valence-corrected chi connectivity index (χ4v) is 2.35. The largest absolute Gasteiger partial charge is 0.369 e. The van der Waals surface area contributed by atoms with Gasteiger partial charge in [0.1, 0.15) is 0 Å². The van der Waals surface area contributed by atoms with Crippen LogP contribution in [0.25, 0.3) is 0 Å². The molecule has 5 heteroatoms. The van der Waals surface area contributed by atoms with E-state index in [9.17, 15) is 4.79 Å². The Balaban J connectivity index is 2.22. The van der Waals surface area contributed by atoms with E-state index in [1.165, 1.54) is 0 Å². The summed E-state index contributed by atoms with van der Waals surface area (Å²) < 4.78 is 0. The first-order valence-corrected chi connectivity index (χ1v) is 5.96. The first-order valence-electron chi connectivity index (χ1n) is 5.96. The van der Waals surface area contributed by atoms with Gasteiger partial charge in [0.05, 0.1) is 11.3 Å². The molecule has 4 N–H and O–H groups in total. The average molecular weight is 236 g/mol. The predicted molar refractivity (Wildman–Crippen MR) is 67.7 cm³/mol. The maximum Gasteiger partial charge on any atom is 0.257 e. The number of hydrogen-bond donors (Lipinski definition) is 3. The van der Waals surface area contributed by atoms with E-state index in [1.54, 1.807) is 0 Å². The van der Waals surface area contributed by atoms with Gasteiger partial charge in [-0.25, -0.2) is 4.98 Å². The van der Waals surface area contributed by atoms with Crippen molar-refractivity contribution in [1.29, 1.82) is 0 Å². The molecule has 5 nitrogen and oxygen atoms in total. The van der Waals surface area contributed by atoms with E-state index in [4.69, 9.17) is 5.73 Å². The molecule has 0 saturated carbocycles. The van der Waals surface area contributed by atoms with Crippen molar-refractivity contribution in [2.24, 2.45) is 5.41 Å². The number of nitrogens with zero attached hydrogens (tertiary/aromatic N) is 1. The van der Waals surface area contributed by atoms with Gasteiger partial charge < -0.3 is 11.1 Å². The van der Waals surface area contributed by atoms with Crippen LogP contribution in [0, 0.1) is 5.41 Å². The standard InChI is InChI=1S/C12H20N4O/c1-12(2,3)5-7-4-9-8(6-14-7)10(17)16-11(13)15-9/h7,14H,4-6H2,1-3H3,(H3,13,15,16,17). The van der Waals surface area contributed by atoms with Crippen molar-refractivity contribution in [3.63, 3.8) is 0 Å². The summed E-state index contributed by atoms with van der Waals surface area (Å²) in [5, 5.41) is 3.39. The quantitative estimate of drug-likeness (QED) is 0.673. The molecule has 1 aliphatic rings. The summed E-state index contributed by atoms with van der Waals surface area (Å²) >= 11 is 0. The molecule has 0 spiro atoms. The number of nitrogen functional groups attached to an aromatic ring is 1. The van der Waals surface area contributed by atoms with Crippen LogP contribution in [0.2, 0.25) is 0 Å². The second kappa shape index (κ2) is 4.14. The van der Waals surface area contributed by atoms with Gasteiger partial charge in [-0.05, 0) is 11.8 Å².